The van der Waals surface area contributed by atoms with Crippen LogP contribution in [-0.2, 0) is 0 Å². The summed E-state index contributed by atoms with van der Waals surface area (Å²) in [6.07, 6.45) is 4.20. The highest BCUT2D eigenvalue weighted by molar-refractivity contribution is 7.98. The Morgan fingerprint density at radius 3 is 2.57 bits per heavy atom. The summed E-state index contributed by atoms with van der Waals surface area (Å²) >= 11 is 1.81. The highest BCUT2D eigenvalue weighted by atomic mass is 32.2. The van der Waals surface area contributed by atoms with Crippen LogP contribution in [0.3, 0.4) is 0 Å². The molecule has 0 radical (unpaired) electrons. The first kappa shape index (κ1) is 18.3. The van der Waals surface area contributed by atoms with Crippen molar-refractivity contribution in [2.45, 2.75) is 45.7 Å². The van der Waals surface area contributed by atoms with Gasteiger partial charge in [-0.05, 0) is 50.3 Å². The number of thioether (sulfide) groups is 1. The highest BCUT2D eigenvalue weighted by Crippen LogP contribution is 2.25. The number of benzene rings is 1. The Kier molecular flexibility index (Phi) is 8.12. The van der Waals surface area contributed by atoms with Crippen molar-refractivity contribution in [2.24, 2.45) is 0 Å². The van der Waals surface area contributed by atoms with Crippen molar-refractivity contribution < 1.29 is 4.39 Å². The molecule has 0 amide bonds. The molecule has 0 aromatic heterocycles. The van der Waals surface area contributed by atoms with Crippen molar-refractivity contribution >= 4 is 17.4 Å². The Balaban J connectivity index is 2.86. The number of rotatable bonds is 9. The summed E-state index contributed by atoms with van der Waals surface area (Å²) < 4.78 is 14.4. The summed E-state index contributed by atoms with van der Waals surface area (Å²) in [5, 5.41) is 3.40. The molecule has 120 valence electrons. The second-order valence-electron chi connectivity index (χ2n) is 5.51. The van der Waals surface area contributed by atoms with Gasteiger partial charge in [-0.25, -0.2) is 4.39 Å². The minimum Gasteiger partial charge on any atom is -0.368 e. The van der Waals surface area contributed by atoms with Crippen LogP contribution in [0, 0.1) is 5.82 Å². The quantitative estimate of drug-likeness (QED) is 0.724. The molecule has 0 aliphatic rings. The minimum atomic E-state index is -0.125. The van der Waals surface area contributed by atoms with E-state index in [9.17, 15) is 4.39 Å². The molecule has 1 N–H and O–H groups in total. The fraction of sp³-hybridized carbons (Fsp3) is 0.647. The van der Waals surface area contributed by atoms with E-state index >= 15 is 0 Å². The summed E-state index contributed by atoms with van der Waals surface area (Å²) in [6.45, 7) is 7.32. The molecule has 0 aliphatic carbocycles. The van der Waals surface area contributed by atoms with Gasteiger partial charge < -0.3 is 10.2 Å². The number of hydrogen-bond donors (Lipinski definition) is 1. The maximum atomic E-state index is 14.4. The Bertz CT molecular complexity index is 425. The number of halogens is 1. The lowest BCUT2D eigenvalue weighted by Gasteiger charge is -2.29. The smallest absolute Gasteiger partial charge is 0.146 e. The number of hydrogen-bond acceptors (Lipinski definition) is 3. The van der Waals surface area contributed by atoms with E-state index in [1.165, 1.54) is 0 Å². The second kappa shape index (κ2) is 9.31. The lowest BCUT2D eigenvalue weighted by molar-refractivity contribution is 0.559. The zero-order valence-electron chi connectivity index (χ0n) is 13.9. The predicted octanol–water partition coefficient (Wildman–Crippen LogP) is 4.46. The van der Waals surface area contributed by atoms with Crippen LogP contribution in [0.4, 0.5) is 10.1 Å². The van der Waals surface area contributed by atoms with Crippen LogP contribution in [0.5, 0.6) is 0 Å². The summed E-state index contributed by atoms with van der Waals surface area (Å²) in [5.74, 6) is 0.891. The molecule has 0 fully saturated rings. The minimum absolute atomic E-state index is 0.125. The first-order valence-electron chi connectivity index (χ1n) is 7.79. The molecule has 2 unspecified atom stereocenters. The maximum absolute atomic E-state index is 14.4. The molecule has 0 heterocycles. The summed E-state index contributed by atoms with van der Waals surface area (Å²) in [4.78, 5) is 2.07. The van der Waals surface area contributed by atoms with E-state index in [-0.39, 0.29) is 11.9 Å². The molecule has 2 nitrogen and oxygen atoms in total. The average molecular weight is 312 g/mol. The lowest BCUT2D eigenvalue weighted by atomic mass is 10.1. The molecule has 0 aliphatic heterocycles. The maximum Gasteiger partial charge on any atom is 0.146 e. The Morgan fingerprint density at radius 1 is 1.33 bits per heavy atom. The fourth-order valence-corrected chi connectivity index (χ4v) is 3.29. The molecule has 1 rings (SSSR count). The van der Waals surface area contributed by atoms with Gasteiger partial charge in [-0.1, -0.05) is 19.9 Å². The topological polar surface area (TPSA) is 15.3 Å². The highest BCUT2D eigenvalue weighted by Gasteiger charge is 2.17. The molecule has 21 heavy (non-hydrogen) atoms. The van der Waals surface area contributed by atoms with Crippen molar-refractivity contribution in [1.82, 2.24) is 5.32 Å². The van der Waals surface area contributed by atoms with Gasteiger partial charge in [-0.2, -0.15) is 11.8 Å². The number of anilines is 1. The third-order valence-corrected chi connectivity index (χ3v) is 4.65. The zero-order chi connectivity index (χ0) is 15.8. The van der Waals surface area contributed by atoms with E-state index in [0.29, 0.717) is 11.7 Å². The normalized spacial score (nSPS) is 14.0. The molecule has 1 aromatic carbocycles. The van der Waals surface area contributed by atoms with Crippen molar-refractivity contribution in [3.63, 3.8) is 0 Å². The van der Waals surface area contributed by atoms with Crippen molar-refractivity contribution in [2.75, 3.05) is 30.5 Å². The third kappa shape index (κ3) is 5.19. The van der Waals surface area contributed by atoms with Gasteiger partial charge in [-0.15, -0.1) is 0 Å². The molecular weight excluding hydrogens is 283 g/mol. The first-order valence-corrected chi connectivity index (χ1v) is 9.19. The Labute approximate surface area is 133 Å². The average Bonchev–Trinajstić information content (AvgIpc) is 2.49. The van der Waals surface area contributed by atoms with Crippen LogP contribution in [0.2, 0.25) is 0 Å². The third-order valence-electron chi connectivity index (χ3n) is 3.93. The second-order valence-corrected chi connectivity index (χ2v) is 6.43. The van der Waals surface area contributed by atoms with Gasteiger partial charge in [0.1, 0.15) is 5.82 Å². The summed E-state index contributed by atoms with van der Waals surface area (Å²) in [7, 11) is 1.99. The lowest BCUT2D eigenvalue weighted by Crippen LogP contribution is -2.33. The molecular formula is C17H29FN2S. The van der Waals surface area contributed by atoms with Gasteiger partial charge in [0.05, 0.1) is 5.69 Å². The number of nitrogens with zero attached hydrogens (tertiary/aromatic N) is 1. The van der Waals surface area contributed by atoms with E-state index in [4.69, 9.17) is 0 Å². The number of nitrogens with one attached hydrogen (secondary N) is 1. The van der Waals surface area contributed by atoms with Crippen LogP contribution >= 0.6 is 11.8 Å². The molecule has 0 saturated carbocycles. The Morgan fingerprint density at radius 2 is 2.05 bits per heavy atom. The monoisotopic (exact) mass is 312 g/mol. The van der Waals surface area contributed by atoms with Crippen molar-refractivity contribution in [3.05, 3.63) is 29.6 Å². The van der Waals surface area contributed by atoms with Gasteiger partial charge in [0.15, 0.2) is 0 Å². The molecule has 4 heteroatoms. The van der Waals surface area contributed by atoms with Crippen LogP contribution in [0.1, 0.15) is 45.2 Å². The molecule has 0 spiro atoms. The predicted molar refractivity (Wildman–Crippen MR) is 94.0 cm³/mol. The van der Waals surface area contributed by atoms with Crippen LogP contribution in [0.25, 0.3) is 0 Å². The van der Waals surface area contributed by atoms with Gasteiger partial charge in [0, 0.05) is 24.9 Å². The zero-order valence-corrected chi connectivity index (χ0v) is 14.8. The molecule has 2 atom stereocenters. The van der Waals surface area contributed by atoms with Gasteiger partial charge >= 0.3 is 0 Å². The first-order chi connectivity index (χ1) is 10.0. The van der Waals surface area contributed by atoms with Crippen LogP contribution in [-0.4, -0.2) is 31.6 Å². The molecule has 0 bridgehead atoms. The SMILES string of the molecule is CCCNC(C)c1ccc(N(C)C(CC)CSC)c(F)c1. The fourth-order valence-electron chi connectivity index (χ4n) is 2.45. The standard InChI is InChI=1S/C17H29FN2S/c1-6-10-19-13(3)14-8-9-17(16(18)11-14)20(4)15(7-2)12-21-5/h8-9,11,13,15,19H,6-7,10,12H2,1-5H3. The molecule has 1 aromatic rings. The van der Waals surface area contributed by atoms with Crippen molar-refractivity contribution in [1.29, 1.82) is 0 Å². The molecule has 0 saturated heterocycles. The van der Waals surface area contributed by atoms with Crippen molar-refractivity contribution in [3.8, 4) is 0 Å². The van der Waals surface area contributed by atoms with E-state index in [2.05, 4.69) is 37.2 Å². The van der Waals surface area contributed by atoms with E-state index in [1.54, 1.807) is 17.8 Å². The van der Waals surface area contributed by atoms with Gasteiger partial charge in [-0.3, -0.25) is 0 Å². The Hall–Kier alpha value is -0.740. The van der Waals surface area contributed by atoms with E-state index < -0.39 is 0 Å². The van der Waals surface area contributed by atoms with E-state index in [0.717, 1.165) is 30.7 Å². The van der Waals surface area contributed by atoms with Gasteiger partial charge in [0.2, 0.25) is 0 Å². The summed E-state index contributed by atoms with van der Waals surface area (Å²) in [6, 6.07) is 6.18. The largest absolute Gasteiger partial charge is 0.368 e. The van der Waals surface area contributed by atoms with Gasteiger partial charge in [0.25, 0.3) is 0 Å². The van der Waals surface area contributed by atoms with E-state index in [1.807, 2.05) is 19.2 Å². The summed E-state index contributed by atoms with van der Waals surface area (Å²) in [5.41, 5.74) is 1.71. The van der Waals surface area contributed by atoms with Crippen LogP contribution < -0.4 is 10.2 Å². The van der Waals surface area contributed by atoms with Crippen LogP contribution in [0.15, 0.2) is 18.2 Å².